The topological polar surface area (TPSA) is 78.3 Å². The zero-order valence-corrected chi connectivity index (χ0v) is 12.7. The normalized spacial score (nSPS) is 16.0. The van der Waals surface area contributed by atoms with Crippen LogP contribution in [-0.4, -0.2) is 58.0 Å². The van der Waals surface area contributed by atoms with Crippen LogP contribution >= 0.6 is 0 Å². The van der Waals surface area contributed by atoms with Gasteiger partial charge in [-0.15, -0.1) is 0 Å². The fourth-order valence-electron chi connectivity index (χ4n) is 2.81. The Balaban J connectivity index is 1.83. The van der Waals surface area contributed by atoms with E-state index in [0.717, 1.165) is 50.7 Å². The van der Waals surface area contributed by atoms with E-state index in [9.17, 15) is 4.79 Å². The molecule has 0 spiro atoms. The van der Waals surface area contributed by atoms with Gasteiger partial charge < -0.3 is 15.0 Å². The largest absolute Gasteiger partial charge is 0.379 e. The summed E-state index contributed by atoms with van der Waals surface area (Å²) >= 11 is 0. The van der Waals surface area contributed by atoms with Crippen LogP contribution < -0.4 is 5.73 Å². The molecule has 1 fully saturated rings. The summed E-state index contributed by atoms with van der Waals surface area (Å²) < 4.78 is 9.10. The van der Waals surface area contributed by atoms with E-state index in [-0.39, 0.29) is 5.91 Å². The number of nitrogens with two attached hydrogens (primary N) is 1. The predicted molar refractivity (Wildman–Crippen MR) is 82.0 cm³/mol. The number of hydrogen-bond donors (Lipinski definition) is 1. The third kappa shape index (κ3) is 3.05. The summed E-state index contributed by atoms with van der Waals surface area (Å²) in [7, 11) is 1.87. The second-order valence-corrected chi connectivity index (χ2v) is 5.49. The Morgan fingerprint density at radius 1 is 1.41 bits per heavy atom. The number of aromatic nitrogens is 3. The van der Waals surface area contributed by atoms with Crippen molar-refractivity contribution in [2.75, 3.05) is 32.8 Å². The van der Waals surface area contributed by atoms with Gasteiger partial charge in [-0.1, -0.05) is 0 Å². The van der Waals surface area contributed by atoms with Gasteiger partial charge in [-0.2, -0.15) is 5.10 Å². The maximum Gasteiger partial charge on any atom is 0.250 e. The maximum absolute atomic E-state index is 11.7. The molecule has 2 N–H and O–H groups in total. The Morgan fingerprint density at radius 2 is 2.18 bits per heavy atom. The van der Waals surface area contributed by atoms with E-state index in [1.807, 2.05) is 24.0 Å². The molecule has 7 heteroatoms. The molecule has 1 aliphatic heterocycles. The van der Waals surface area contributed by atoms with E-state index in [0.29, 0.717) is 5.56 Å². The Kier molecular flexibility index (Phi) is 4.26. The summed E-state index contributed by atoms with van der Waals surface area (Å²) in [4.78, 5) is 14.0. The molecule has 1 aliphatic rings. The predicted octanol–water partition coefficient (Wildman–Crippen LogP) is 0.184. The minimum atomic E-state index is -0.389. The van der Waals surface area contributed by atoms with Crippen LogP contribution in [0.5, 0.6) is 0 Å². The van der Waals surface area contributed by atoms with E-state index in [1.54, 1.807) is 16.9 Å². The summed E-state index contributed by atoms with van der Waals surface area (Å²) in [5.41, 5.74) is 7.97. The first-order chi connectivity index (χ1) is 10.6. The van der Waals surface area contributed by atoms with E-state index >= 15 is 0 Å². The molecular formula is C15H21N5O2. The van der Waals surface area contributed by atoms with Crippen LogP contribution in [0.25, 0.3) is 5.69 Å². The lowest BCUT2D eigenvalue weighted by Crippen LogP contribution is -2.37. The number of ether oxygens (including phenoxy) is 1. The summed E-state index contributed by atoms with van der Waals surface area (Å²) in [6.07, 6.45) is 6.35. The SMILES string of the molecule is Cn1cc(-n2ccc(C(N)=O)c2CCN2CCOCC2)cn1. The van der Waals surface area contributed by atoms with Crippen molar-refractivity contribution >= 4 is 5.91 Å². The fourth-order valence-corrected chi connectivity index (χ4v) is 2.81. The molecule has 1 amide bonds. The van der Waals surface area contributed by atoms with Crippen molar-refractivity contribution in [2.24, 2.45) is 12.8 Å². The van der Waals surface area contributed by atoms with Gasteiger partial charge in [0.1, 0.15) is 0 Å². The minimum absolute atomic E-state index is 0.389. The highest BCUT2D eigenvalue weighted by molar-refractivity contribution is 5.94. The van der Waals surface area contributed by atoms with Crippen LogP contribution in [0.2, 0.25) is 0 Å². The maximum atomic E-state index is 11.7. The van der Waals surface area contributed by atoms with Crippen molar-refractivity contribution in [3.05, 3.63) is 35.9 Å². The number of carbonyl (C=O) groups is 1. The van der Waals surface area contributed by atoms with E-state index in [2.05, 4.69) is 10.00 Å². The molecule has 0 radical (unpaired) electrons. The lowest BCUT2D eigenvalue weighted by atomic mass is 10.1. The van der Waals surface area contributed by atoms with Crippen LogP contribution in [-0.2, 0) is 18.2 Å². The molecule has 3 rings (SSSR count). The van der Waals surface area contributed by atoms with Gasteiger partial charge >= 0.3 is 0 Å². The smallest absolute Gasteiger partial charge is 0.250 e. The monoisotopic (exact) mass is 303 g/mol. The van der Waals surface area contributed by atoms with Gasteiger partial charge in [0.15, 0.2) is 0 Å². The van der Waals surface area contributed by atoms with E-state index in [1.165, 1.54) is 0 Å². The van der Waals surface area contributed by atoms with Gasteiger partial charge in [0, 0.05) is 51.2 Å². The molecule has 2 aromatic heterocycles. The first kappa shape index (κ1) is 14.8. The summed E-state index contributed by atoms with van der Waals surface area (Å²) in [5.74, 6) is -0.389. The second kappa shape index (κ2) is 6.33. The fraction of sp³-hybridized carbons (Fsp3) is 0.467. The van der Waals surface area contributed by atoms with Crippen molar-refractivity contribution in [1.82, 2.24) is 19.2 Å². The number of hydrogen-bond acceptors (Lipinski definition) is 4. The van der Waals surface area contributed by atoms with Gasteiger partial charge in [-0.25, -0.2) is 0 Å². The second-order valence-electron chi connectivity index (χ2n) is 5.49. The van der Waals surface area contributed by atoms with E-state index in [4.69, 9.17) is 10.5 Å². The molecule has 22 heavy (non-hydrogen) atoms. The lowest BCUT2D eigenvalue weighted by Gasteiger charge is -2.26. The van der Waals surface area contributed by atoms with Gasteiger partial charge in [-0.3, -0.25) is 14.4 Å². The summed E-state index contributed by atoms with van der Waals surface area (Å²) in [6, 6.07) is 1.78. The molecule has 0 aliphatic carbocycles. The zero-order valence-electron chi connectivity index (χ0n) is 12.7. The Labute approximate surface area is 129 Å². The molecule has 2 aromatic rings. The van der Waals surface area contributed by atoms with Crippen LogP contribution in [0, 0.1) is 0 Å². The molecule has 0 aromatic carbocycles. The van der Waals surface area contributed by atoms with Crippen molar-refractivity contribution in [2.45, 2.75) is 6.42 Å². The van der Waals surface area contributed by atoms with Crippen LogP contribution in [0.4, 0.5) is 0 Å². The molecule has 0 unspecified atom stereocenters. The van der Waals surface area contributed by atoms with Crippen molar-refractivity contribution in [1.29, 1.82) is 0 Å². The molecule has 0 atom stereocenters. The standard InChI is InChI=1S/C15H21N5O2/c1-18-11-12(10-17-18)20-5-2-13(15(16)21)14(20)3-4-19-6-8-22-9-7-19/h2,5,10-11H,3-4,6-9H2,1H3,(H2,16,21). The number of morpholine rings is 1. The van der Waals surface area contributed by atoms with Crippen molar-refractivity contribution < 1.29 is 9.53 Å². The molecule has 1 saturated heterocycles. The van der Waals surface area contributed by atoms with Gasteiger partial charge in [-0.05, 0) is 6.07 Å². The number of aryl methyl sites for hydroxylation is 1. The molecule has 118 valence electrons. The lowest BCUT2D eigenvalue weighted by molar-refractivity contribution is 0.0382. The Morgan fingerprint density at radius 3 is 2.82 bits per heavy atom. The average molecular weight is 303 g/mol. The Bertz CT molecular complexity index is 655. The van der Waals surface area contributed by atoms with Crippen molar-refractivity contribution in [3.8, 4) is 5.69 Å². The third-order valence-electron chi connectivity index (χ3n) is 4.00. The number of nitrogens with zero attached hydrogens (tertiary/aromatic N) is 4. The van der Waals surface area contributed by atoms with Gasteiger partial charge in [0.2, 0.25) is 0 Å². The zero-order chi connectivity index (χ0) is 15.5. The third-order valence-corrected chi connectivity index (χ3v) is 4.00. The number of amides is 1. The van der Waals surface area contributed by atoms with Crippen LogP contribution in [0.3, 0.4) is 0 Å². The minimum Gasteiger partial charge on any atom is -0.379 e. The Hall–Kier alpha value is -2.12. The van der Waals surface area contributed by atoms with Crippen LogP contribution in [0.1, 0.15) is 16.1 Å². The summed E-state index contributed by atoms with van der Waals surface area (Å²) in [6.45, 7) is 4.28. The number of carbonyl (C=O) groups excluding carboxylic acids is 1. The molecule has 0 bridgehead atoms. The highest BCUT2D eigenvalue weighted by atomic mass is 16.5. The highest BCUT2D eigenvalue weighted by Crippen LogP contribution is 2.18. The molecule has 3 heterocycles. The first-order valence-corrected chi connectivity index (χ1v) is 7.44. The van der Waals surface area contributed by atoms with Crippen molar-refractivity contribution in [3.63, 3.8) is 0 Å². The molecule has 7 nitrogen and oxygen atoms in total. The highest BCUT2D eigenvalue weighted by Gasteiger charge is 2.17. The quantitative estimate of drug-likeness (QED) is 0.855. The van der Waals surface area contributed by atoms with Gasteiger partial charge in [0.05, 0.1) is 30.7 Å². The number of primary amides is 1. The number of rotatable bonds is 5. The average Bonchev–Trinajstić information content (AvgIpc) is 3.12. The molecule has 0 saturated carbocycles. The van der Waals surface area contributed by atoms with Gasteiger partial charge in [0.25, 0.3) is 5.91 Å². The molecular weight excluding hydrogens is 282 g/mol. The summed E-state index contributed by atoms with van der Waals surface area (Å²) in [5, 5.41) is 4.19. The first-order valence-electron chi connectivity index (χ1n) is 7.44. The van der Waals surface area contributed by atoms with E-state index < -0.39 is 0 Å². The van der Waals surface area contributed by atoms with Crippen LogP contribution in [0.15, 0.2) is 24.7 Å².